The van der Waals surface area contributed by atoms with Crippen molar-refractivity contribution in [2.75, 3.05) is 19.7 Å². The first-order valence-electron chi connectivity index (χ1n) is 7.45. The summed E-state index contributed by atoms with van der Waals surface area (Å²) in [7, 11) is 0. The summed E-state index contributed by atoms with van der Waals surface area (Å²) in [5, 5.41) is 9.61. The molecule has 1 heterocycles. The molecule has 1 aromatic rings. The number of aryl methyl sites for hydroxylation is 1. The van der Waals surface area contributed by atoms with Crippen LogP contribution in [0.3, 0.4) is 0 Å². The molecule has 1 aromatic carbocycles. The largest absolute Gasteiger partial charge is 0.444 e. The third kappa shape index (κ3) is 3.97. The van der Waals surface area contributed by atoms with Crippen LogP contribution in [0.25, 0.3) is 0 Å². The number of hydrogen-bond donors (Lipinski definition) is 1. The molecule has 1 aliphatic rings. The average molecular weight is 291 g/mol. The molecule has 2 unspecified atom stereocenters. The van der Waals surface area contributed by atoms with Crippen molar-refractivity contribution in [2.45, 2.75) is 39.2 Å². The van der Waals surface area contributed by atoms with E-state index in [0.717, 1.165) is 0 Å². The number of carbonyl (C=O) groups is 1. The van der Waals surface area contributed by atoms with Gasteiger partial charge in [0.05, 0.1) is 0 Å². The van der Waals surface area contributed by atoms with Crippen LogP contribution in [0.15, 0.2) is 24.3 Å². The van der Waals surface area contributed by atoms with Crippen LogP contribution in [-0.4, -0.2) is 41.4 Å². The standard InChI is InChI=1S/C17H25NO3/c1-12-5-7-13(8-6-12)15-10-18(9-14(15)11-19)16(20)21-17(2,3)4/h5-8,14-15,19H,9-11H2,1-4H3. The van der Waals surface area contributed by atoms with Crippen LogP contribution in [0.1, 0.15) is 37.8 Å². The maximum absolute atomic E-state index is 12.2. The zero-order valence-electron chi connectivity index (χ0n) is 13.3. The Bertz CT molecular complexity index is 490. The van der Waals surface area contributed by atoms with Gasteiger partial charge in [0.1, 0.15) is 5.60 Å². The summed E-state index contributed by atoms with van der Waals surface area (Å²) in [6, 6.07) is 8.31. The monoisotopic (exact) mass is 291 g/mol. The molecule has 0 radical (unpaired) electrons. The molecule has 2 atom stereocenters. The van der Waals surface area contributed by atoms with Gasteiger partial charge in [-0.05, 0) is 33.3 Å². The number of likely N-dealkylation sites (tertiary alicyclic amines) is 1. The third-order valence-corrected chi connectivity index (χ3v) is 3.83. The normalized spacial score (nSPS) is 22.4. The Hall–Kier alpha value is -1.55. The summed E-state index contributed by atoms with van der Waals surface area (Å²) in [6.45, 7) is 8.87. The molecular weight excluding hydrogens is 266 g/mol. The van der Waals surface area contributed by atoms with E-state index < -0.39 is 5.60 Å². The smallest absolute Gasteiger partial charge is 0.410 e. The van der Waals surface area contributed by atoms with Crippen molar-refractivity contribution in [1.82, 2.24) is 4.90 Å². The van der Waals surface area contributed by atoms with E-state index in [4.69, 9.17) is 4.74 Å². The van der Waals surface area contributed by atoms with E-state index in [2.05, 4.69) is 31.2 Å². The fourth-order valence-electron chi connectivity index (χ4n) is 2.72. The zero-order chi connectivity index (χ0) is 15.6. The van der Waals surface area contributed by atoms with Gasteiger partial charge in [-0.2, -0.15) is 0 Å². The number of amides is 1. The molecule has 0 saturated carbocycles. The molecule has 0 spiro atoms. The molecule has 1 saturated heterocycles. The van der Waals surface area contributed by atoms with Crippen LogP contribution in [0.2, 0.25) is 0 Å². The van der Waals surface area contributed by atoms with Gasteiger partial charge in [0.25, 0.3) is 0 Å². The van der Waals surface area contributed by atoms with Crippen molar-refractivity contribution in [3.8, 4) is 0 Å². The van der Waals surface area contributed by atoms with Gasteiger partial charge in [0.2, 0.25) is 0 Å². The van der Waals surface area contributed by atoms with E-state index in [1.165, 1.54) is 11.1 Å². The quantitative estimate of drug-likeness (QED) is 0.911. The second-order valence-electron chi connectivity index (χ2n) is 6.85. The van der Waals surface area contributed by atoms with Crippen LogP contribution in [0.5, 0.6) is 0 Å². The van der Waals surface area contributed by atoms with Gasteiger partial charge in [0, 0.05) is 31.5 Å². The van der Waals surface area contributed by atoms with E-state index in [1.807, 2.05) is 20.8 Å². The minimum Gasteiger partial charge on any atom is -0.444 e. The van der Waals surface area contributed by atoms with Gasteiger partial charge in [-0.1, -0.05) is 29.8 Å². The molecule has 4 heteroatoms. The van der Waals surface area contributed by atoms with Crippen LogP contribution in [0, 0.1) is 12.8 Å². The summed E-state index contributed by atoms with van der Waals surface area (Å²) >= 11 is 0. The van der Waals surface area contributed by atoms with Crippen LogP contribution in [0.4, 0.5) is 4.79 Å². The Morgan fingerprint density at radius 3 is 2.43 bits per heavy atom. The van der Waals surface area contributed by atoms with Crippen molar-refractivity contribution in [3.63, 3.8) is 0 Å². The number of benzene rings is 1. The molecule has 0 aromatic heterocycles. The molecule has 1 N–H and O–H groups in total. The fourth-order valence-corrected chi connectivity index (χ4v) is 2.72. The predicted octanol–water partition coefficient (Wildman–Crippen LogP) is 2.94. The lowest BCUT2D eigenvalue weighted by molar-refractivity contribution is 0.0283. The second-order valence-corrected chi connectivity index (χ2v) is 6.85. The first-order valence-corrected chi connectivity index (χ1v) is 7.45. The van der Waals surface area contributed by atoms with Crippen molar-refractivity contribution in [2.24, 2.45) is 5.92 Å². The lowest BCUT2D eigenvalue weighted by Gasteiger charge is -2.24. The van der Waals surface area contributed by atoms with Gasteiger partial charge in [-0.15, -0.1) is 0 Å². The topological polar surface area (TPSA) is 49.8 Å². The van der Waals surface area contributed by atoms with Crippen molar-refractivity contribution < 1.29 is 14.6 Å². The van der Waals surface area contributed by atoms with Crippen LogP contribution >= 0.6 is 0 Å². The Morgan fingerprint density at radius 2 is 1.90 bits per heavy atom. The van der Waals surface area contributed by atoms with Gasteiger partial charge in [0.15, 0.2) is 0 Å². The van der Waals surface area contributed by atoms with Crippen LogP contribution < -0.4 is 0 Å². The number of rotatable bonds is 2. The minimum atomic E-state index is -0.492. The van der Waals surface area contributed by atoms with E-state index in [9.17, 15) is 9.90 Å². The number of aliphatic hydroxyl groups is 1. The van der Waals surface area contributed by atoms with E-state index in [-0.39, 0.29) is 24.5 Å². The molecule has 0 bridgehead atoms. The zero-order valence-corrected chi connectivity index (χ0v) is 13.3. The molecule has 0 aliphatic carbocycles. The molecule has 1 fully saturated rings. The first kappa shape index (κ1) is 15.8. The Morgan fingerprint density at radius 1 is 1.29 bits per heavy atom. The lowest BCUT2D eigenvalue weighted by atomic mass is 9.89. The number of aliphatic hydroxyl groups excluding tert-OH is 1. The summed E-state index contributed by atoms with van der Waals surface area (Å²) in [4.78, 5) is 13.9. The molecule has 1 aliphatic heterocycles. The van der Waals surface area contributed by atoms with E-state index in [1.54, 1.807) is 4.90 Å². The maximum Gasteiger partial charge on any atom is 0.410 e. The second kappa shape index (κ2) is 6.06. The van der Waals surface area contributed by atoms with Crippen molar-refractivity contribution in [3.05, 3.63) is 35.4 Å². The number of carbonyl (C=O) groups excluding carboxylic acids is 1. The van der Waals surface area contributed by atoms with Crippen molar-refractivity contribution >= 4 is 6.09 Å². The summed E-state index contributed by atoms with van der Waals surface area (Å²) in [5.41, 5.74) is 1.89. The van der Waals surface area contributed by atoms with Gasteiger partial charge >= 0.3 is 6.09 Å². The van der Waals surface area contributed by atoms with Gasteiger partial charge in [-0.25, -0.2) is 4.79 Å². The Labute approximate surface area is 126 Å². The maximum atomic E-state index is 12.2. The Kier molecular flexibility index (Phi) is 4.57. The number of ether oxygens (including phenoxy) is 1. The fraction of sp³-hybridized carbons (Fsp3) is 0.588. The third-order valence-electron chi connectivity index (χ3n) is 3.83. The number of nitrogens with zero attached hydrogens (tertiary/aromatic N) is 1. The molecule has 116 valence electrons. The SMILES string of the molecule is Cc1ccc(C2CN(C(=O)OC(C)(C)C)CC2CO)cc1. The van der Waals surface area contributed by atoms with Gasteiger partial charge < -0.3 is 14.7 Å². The van der Waals surface area contributed by atoms with E-state index in [0.29, 0.717) is 13.1 Å². The lowest BCUT2D eigenvalue weighted by Crippen LogP contribution is -2.35. The summed E-state index contributed by atoms with van der Waals surface area (Å²) < 4.78 is 5.42. The number of hydrogen-bond acceptors (Lipinski definition) is 3. The van der Waals surface area contributed by atoms with Gasteiger partial charge in [-0.3, -0.25) is 0 Å². The predicted molar refractivity (Wildman–Crippen MR) is 82.3 cm³/mol. The highest BCUT2D eigenvalue weighted by molar-refractivity contribution is 5.68. The van der Waals surface area contributed by atoms with E-state index >= 15 is 0 Å². The average Bonchev–Trinajstić information content (AvgIpc) is 2.82. The molecule has 21 heavy (non-hydrogen) atoms. The summed E-state index contributed by atoms with van der Waals surface area (Å²) in [6.07, 6.45) is -0.296. The molecule has 4 nitrogen and oxygen atoms in total. The molecule has 1 amide bonds. The summed E-state index contributed by atoms with van der Waals surface area (Å²) in [5.74, 6) is 0.239. The first-order chi connectivity index (χ1) is 9.80. The molecule has 2 rings (SSSR count). The molecular formula is C17H25NO3. The Balaban J connectivity index is 2.10. The van der Waals surface area contributed by atoms with Crippen molar-refractivity contribution in [1.29, 1.82) is 0 Å². The minimum absolute atomic E-state index is 0.0697. The highest BCUT2D eigenvalue weighted by Gasteiger charge is 2.37. The highest BCUT2D eigenvalue weighted by Crippen LogP contribution is 2.33. The van der Waals surface area contributed by atoms with Crippen LogP contribution in [-0.2, 0) is 4.74 Å². The highest BCUT2D eigenvalue weighted by atomic mass is 16.6.